The summed E-state index contributed by atoms with van der Waals surface area (Å²) in [6.07, 6.45) is 4.67. The number of carboxylic acids is 1. The van der Waals surface area contributed by atoms with Crippen molar-refractivity contribution < 1.29 is 14.6 Å². The predicted octanol–water partition coefficient (Wildman–Crippen LogP) is 3.68. The quantitative estimate of drug-likeness (QED) is 0.870. The Labute approximate surface area is 130 Å². The Morgan fingerprint density at radius 2 is 2.14 bits per heavy atom. The summed E-state index contributed by atoms with van der Waals surface area (Å²) in [6, 6.07) is 4.77. The van der Waals surface area contributed by atoms with Crippen molar-refractivity contribution in [3.8, 4) is 5.75 Å². The number of aromatic carboxylic acids is 1. The molecule has 1 aromatic carbocycles. The molecule has 0 aromatic heterocycles. The number of halogens is 1. The van der Waals surface area contributed by atoms with Gasteiger partial charge in [-0.25, -0.2) is 4.79 Å². The number of nitrogens with zero attached hydrogens (tertiary/aromatic N) is 1. The van der Waals surface area contributed by atoms with Crippen LogP contribution in [0.1, 0.15) is 43.0 Å². The van der Waals surface area contributed by atoms with E-state index in [1.807, 2.05) is 0 Å². The van der Waals surface area contributed by atoms with Gasteiger partial charge in [-0.3, -0.25) is 0 Å². The molecule has 0 spiro atoms. The van der Waals surface area contributed by atoms with Gasteiger partial charge in [0.1, 0.15) is 11.9 Å². The summed E-state index contributed by atoms with van der Waals surface area (Å²) >= 11 is 5.95. The van der Waals surface area contributed by atoms with E-state index in [4.69, 9.17) is 21.4 Å². The molecule has 0 amide bonds. The number of hydrogen-bond donors (Lipinski definition) is 1. The first-order valence-electron chi connectivity index (χ1n) is 7.52. The van der Waals surface area contributed by atoms with Crippen molar-refractivity contribution in [2.75, 3.05) is 19.6 Å². The maximum Gasteiger partial charge on any atom is 0.337 e. The Balaban J connectivity index is 1.86. The first-order chi connectivity index (χ1) is 10.1. The van der Waals surface area contributed by atoms with Crippen LogP contribution in [-0.4, -0.2) is 41.7 Å². The summed E-state index contributed by atoms with van der Waals surface area (Å²) in [5.41, 5.74) is 0.110. The number of carbonyl (C=O) groups is 1. The molecule has 1 saturated heterocycles. The zero-order chi connectivity index (χ0) is 15.2. The van der Waals surface area contributed by atoms with Gasteiger partial charge in [0, 0.05) is 13.1 Å². The predicted molar refractivity (Wildman–Crippen MR) is 83.4 cm³/mol. The maximum atomic E-state index is 10.9. The van der Waals surface area contributed by atoms with E-state index in [2.05, 4.69) is 11.8 Å². The molecule has 21 heavy (non-hydrogen) atoms. The van der Waals surface area contributed by atoms with Crippen LogP contribution in [0.4, 0.5) is 0 Å². The van der Waals surface area contributed by atoms with Crippen molar-refractivity contribution in [1.82, 2.24) is 4.90 Å². The fraction of sp³-hybridized carbons (Fsp3) is 0.562. The van der Waals surface area contributed by atoms with Crippen molar-refractivity contribution >= 4 is 17.6 Å². The van der Waals surface area contributed by atoms with Crippen molar-refractivity contribution in [1.29, 1.82) is 0 Å². The maximum absolute atomic E-state index is 10.9. The van der Waals surface area contributed by atoms with Crippen LogP contribution in [0.2, 0.25) is 5.02 Å². The van der Waals surface area contributed by atoms with Crippen LogP contribution in [0.5, 0.6) is 5.75 Å². The van der Waals surface area contributed by atoms with Crippen molar-refractivity contribution in [3.05, 3.63) is 28.8 Å². The normalized spacial score (nSPS) is 16.9. The molecule has 1 aliphatic heterocycles. The Kier molecular flexibility index (Phi) is 5.88. The van der Waals surface area contributed by atoms with Crippen LogP contribution in [0, 0.1) is 0 Å². The molecule has 1 heterocycles. The molecule has 0 aliphatic carbocycles. The van der Waals surface area contributed by atoms with Gasteiger partial charge in [-0.2, -0.15) is 0 Å². The number of hydrogen-bond acceptors (Lipinski definition) is 3. The highest BCUT2D eigenvalue weighted by atomic mass is 35.5. The first-order valence-corrected chi connectivity index (χ1v) is 7.89. The highest BCUT2D eigenvalue weighted by Crippen LogP contribution is 2.25. The van der Waals surface area contributed by atoms with Crippen LogP contribution in [0.3, 0.4) is 0 Å². The van der Waals surface area contributed by atoms with E-state index in [9.17, 15) is 4.79 Å². The standard InChI is InChI=1S/C16H22ClNO3/c1-2-3-8-18-9-6-12(7-10-18)21-13-4-5-14(16(19)20)15(17)11-13/h4-5,11-12H,2-3,6-10H2,1H3,(H,19,20). The second-order valence-electron chi connectivity index (χ2n) is 5.46. The molecule has 1 aromatic rings. The van der Waals surface area contributed by atoms with Crippen LogP contribution < -0.4 is 4.74 Å². The van der Waals surface area contributed by atoms with E-state index in [1.54, 1.807) is 12.1 Å². The molecule has 5 heteroatoms. The average molecular weight is 312 g/mol. The molecule has 116 valence electrons. The summed E-state index contributed by atoms with van der Waals surface area (Å²) < 4.78 is 5.92. The summed E-state index contributed by atoms with van der Waals surface area (Å²) in [6.45, 7) is 5.50. The van der Waals surface area contributed by atoms with E-state index < -0.39 is 5.97 Å². The third-order valence-corrected chi connectivity index (χ3v) is 4.15. The second kappa shape index (κ2) is 7.66. The molecule has 0 atom stereocenters. The molecule has 1 fully saturated rings. The monoisotopic (exact) mass is 311 g/mol. The lowest BCUT2D eigenvalue weighted by Gasteiger charge is -2.32. The van der Waals surface area contributed by atoms with Gasteiger partial charge in [-0.05, 0) is 44.0 Å². The van der Waals surface area contributed by atoms with Gasteiger partial charge in [0.05, 0.1) is 10.6 Å². The number of ether oxygens (including phenoxy) is 1. The number of likely N-dealkylation sites (tertiary alicyclic amines) is 1. The SMILES string of the molecule is CCCCN1CCC(Oc2ccc(C(=O)O)c(Cl)c2)CC1. The molecule has 0 radical (unpaired) electrons. The second-order valence-corrected chi connectivity index (χ2v) is 5.87. The van der Waals surface area contributed by atoms with Gasteiger partial charge in [-0.1, -0.05) is 24.9 Å². The zero-order valence-corrected chi connectivity index (χ0v) is 13.1. The van der Waals surface area contributed by atoms with E-state index in [0.29, 0.717) is 5.75 Å². The highest BCUT2D eigenvalue weighted by Gasteiger charge is 2.20. The molecule has 0 saturated carbocycles. The molecular formula is C16H22ClNO3. The largest absolute Gasteiger partial charge is 0.490 e. The summed E-state index contributed by atoms with van der Waals surface area (Å²) in [4.78, 5) is 13.4. The van der Waals surface area contributed by atoms with E-state index in [1.165, 1.54) is 25.5 Å². The molecular weight excluding hydrogens is 290 g/mol. The summed E-state index contributed by atoms with van der Waals surface area (Å²) in [5, 5.41) is 9.17. The van der Waals surface area contributed by atoms with Crippen molar-refractivity contribution in [2.45, 2.75) is 38.7 Å². The minimum absolute atomic E-state index is 0.110. The molecule has 0 bridgehead atoms. The van der Waals surface area contributed by atoms with E-state index in [-0.39, 0.29) is 16.7 Å². The minimum atomic E-state index is -1.02. The lowest BCUT2D eigenvalue weighted by molar-refractivity contribution is 0.0697. The van der Waals surface area contributed by atoms with Gasteiger partial charge in [0.25, 0.3) is 0 Å². The van der Waals surface area contributed by atoms with Crippen molar-refractivity contribution in [2.24, 2.45) is 0 Å². The molecule has 1 N–H and O–H groups in total. The summed E-state index contributed by atoms with van der Waals surface area (Å²) in [7, 11) is 0. The van der Waals surface area contributed by atoms with Crippen LogP contribution in [0.15, 0.2) is 18.2 Å². The average Bonchev–Trinajstić information content (AvgIpc) is 2.46. The Bertz CT molecular complexity index is 484. The third kappa shape index (κ3) is 4.61. The highest BCUT2D eigenvalue weighted by molar-refractivity contribution is 6.33. The lowest BCUT2D eigenvalue weighted by Crippen LogP contribution is -2.38. The zero-order valence-electron chi connectivity index (χ0n) is 12.3. The van der Waals surface area contributed by atoms with E-state index in [0.717, 1.165) is 25.9 Å². The van der Waals surface area contributed by atoms with E-state index >= 15 is 0 Å². The number of benzene rings is 1. The third-order valence-electron chi connectivity index (χ3n) is 3.84. The Morgan fingerprint density at radius 3 is 2.71 bits per heavy atom. The van der Waals surface area contributed by atoms with Gasteiger partial charge in [0.2, 0.25) is 0 Å². The van der Waals surface area contributed by atoms with Gasteiger partial charge < -0.3 is 14.7 Å². The summed E-state index contributed by atoms with van der Waals surface area (Å²) in [5.74, 6) is -0.368. The number of rotatable bonds is 6. The topological polar surface area (TPSA) is 49.8 Å². The molecule has 0 unspecified atom stereocenters. The number of piperidine rings is 1. The first kappa shape index (κ1) is 16.1. The lowest BCUT2D eigenvalue weighted by atomic mass is 10.1. The number of unbranched alkanes of at least 4 members (excludes halogenated alkanes) is 1. The van der Waals surface area contributed by atoms with Crippen LogP contribution >= 0.6 is 11.6 Å². The fourth-order valence-electron chi connectivity index (χ4n) is 2.57. The molecule has 4 nitrogen and oxygen atoms in total. The minimum Gasteiger partial charge on any atom is -0.490 e. The number of carboxylic acid groups (broad SMARTS) is 1. The van der Waals surface area contributed by atoms with Crippen molar-refractivity contribution in [3.63, 3.8) is 0 Å². The van der Waals surface area contributed by atoms with Crippen LogP contribution in [0.25, 0.3) is 0 Å². The fourth-order valence-corrected chi connectivity index (χ4v) is 2.82. The smallest absolute Gasteiger partial charge is 0.337 e. The molecule has 2 rings (SSSR count). The van der Waals surface area contributed by atoms with Gasteiger partial charge >= 0.3 is 5.97 Å². The Hall–Kier alpha value is -1.26. The Morgan fingerprint density at radius 1 is 1.43 bits per heavy atom. The molecule has 1 aliphatic rings. The van der Waals surface area contributed by atoms with Gasteiger partial charge in [0.15, 0.2) is 0 Å². The van der Waals surface area contributed by atoms with Crippen LogP contribution in [-0.2, 0) is 0 Å². The van der Waals surface area contributed by atoms with Gasteiger partial charge in [-0.15, -0.1) is 0 Å².